The van der Waals surface area contributed by atoms with Gasteiger partial charge in [-0.15, -0.1) is 11.3 Å². The van der Waals surface area contributed by atoms with Crippen molar-refractivity contribution in [1.82, 2.24) is 15.5 Å². The van der Waals surface area contributed by atoms with E-state index in [4.69, 9.17) is 0 Å². The zero-order chi connectivity index (χ0) is 11.5. The first-order valence-electron chi connectivity index (χ1n) is 5.14. The summed E-state index contributed by atoms with van der Waals surface area (Å²) in [5.41, 5.74) is 2.36. The molecule has 1 unspecified atom stereocenters. The Bertz CT molecular complexity index is 463. The van der Waals surface area contributed by atoms with Crippen molar-refractivity contribution in [2.75, 3.05) is 0 Å². The number of nitrogens with one attached hydrogen (secondary N) is 2. The predicted octanol–water partition coefficient (Wildman–Crippen LogP) is 3.39. The van der Waals surface area contributed by atoms with E-state index < -0.39 is 0 Å². The summed E-state index contributed by atoms with van der Waals surface area (Å²) in [5, 5.41) is 10.5. The maximum Gasteiger partial charge on any atom is 0.0701 e. The third-order valence-corrected chi connectivity index (χ3v) is 4.17. The van der Waals surface area contributed by atoms with E-state index in [-0.39, 0.29) is 0 Å². The lowest BCUT2D eigenvalue weighted by atomic mass is 10.1. The van der Waals surface area contributed by atoms with Crippen LogP contribution in [0.25, 0.3) is 0 Å². The second kappa shape index (κ2) is 5.12. The molecule has 0 spiro atoms. The third kappa shape index (κ3) is 2.72. The second-order valence-electron chi connectivity index (χ2n) is 3.76. The fourth-order valence-electron chi connectivity index (χ4n) is 1.61. The van der Waals surface area contributed by atoms with Crippen LogP contribution in [0.1, 0.15) is 29.1 Å². The van der Waals surface area contributed by atoms with E-state index in [2.05, 4.69) is 50.5 Å². The van der Waals surface area contributed by atoms with Crippen LogP contribution in [0, 0.1) is 6.92 Å². The highest BCUT2D eigenvalue weighted by atomic mass is 79.9. The number of aryl methyl sites for hydroxylation is 1. The van der Waals surface area contributed by atoms with Gasteiger partial charge in [-0.2, -0.15) is 5.10 Å². The van der Waals surface area contributed by atoms with E-state index in [1.54, 1.807) is 11.3 Å². The molecule has 1 atom stereocenters. The number of rotatable bonds is 4. The maximum absolute atomic E-state index is 4.03. The van der Waals surface area contributed by atoms with Crippen LogP contribution in [0.3, 0.4) is 0 Å². The molecule has 5 heteroatoms. The molecule has 2 heterocycles. The molecule has 0 aliphatic rings. The van der Waals surface area contributed by atoms with Gasteiger partial charge in [-0.25, -0.2) is 0 Å². The molecule has 86 valence electrons. The van der Waals surface area contributed by atoms with Crippen LogP contribution in [-0.2, 0) is 6.54 Å². The largest absolute Gasteiger partial charge is 0.305 e. The minimum Gasteiger partial charge on any atom is -0.305 e. The summed E-state index contributed by atoms with van der Waals surface area (Å²) in [6.07, 6.45) is 1.89. The van der Waals surface area contributed by atoms with Gasteiger partial charge < -0.3 is 5.32 Å². The standard InChI is InChI=1S/C11H14BrN3S/c1-7(10-6-14-15-8(10)2)13-5-9-3-4-11(12)16-9/h3-4,6-7,13H,5H2,1-2H3,(H,14,15). The number of hydrogen-bond donors (Lipinski definition) is 2. The van der Waals surface area contributed by atoms with Crippen molar-refractivity contribution < 1.29 is 0 Å². The molecule has 0 saturated heterocycles. The summed E-state index contributed by atoms with van der Waals surface area (Å²) in [4.78, 5) is 1.33. The summed E-state index contributed by atoms with van der Waals surface area (Å²) in [7, 11) is 0. The molecule has 0 aliphatic heterocycles. The Hall–Kier alpha value is -0.650. The molecule has 0 aromatic carbocycles. The molecule has 2 aromatic heterocycles. The second-order valence-corrected chi connectivity index (χ2v) is 6.31. The monoisotopic (exact) mass is 299 g/mol. The molecular formula is C11H14BrN3S. The summed E-state index contributed by atoms with van der Waals surface area (Å²) in [6, 6.07) is 4.53. The van der Waals surface area contributed by atoms with Crippen LogP contribution in [-0.4, -0.2) is 10.2 Å². The van der Waals surface area contributed by atoms with Crippen LogP contribution in [0.4, 0.5) is 0 Å². The van der Waals surface area contributed by atoms with Crippen molar-refractivity contribution in [3.05, 3.63) is 38.3 Å². The molecule has 3 nitrogen and oxygen atoms in total. The van der Waals surface area contributed by atoms with Crippen molar-refractivity contribution in [2.24, 2.45) is 0 Å². The van der Waals surface area contributed by atoms with Gasteiger partial charge in [0, 0.05) is 28.7 Å². The summed E-state index contributed by atoms with van der Waals surface area (Å²) in [5.74, 6) is 0. The molecule has 16 heavy (non-hydrogen) atoms. The van der Waals surface area contributed by atoms with Gasteiger partial charge >= 0.3 is 0 Å². The molecule has 2 rings (SSSR count). The van der Waals surface area contributed by atoms with Crippen LogP contribution >= 0.6 is 27.3 Å². The van der Waals surface area contributed by atoms with E-state index in [1.165, 1.54) is 14.2 Å². The Balaban J connectivity index is 1.93. The average Bonchev–Trinajstić information content (AvgIpc) is 2.84. The topological polar surface area (TPSA) is 40.7 Å². The lowest BCUT2D eigenvalue weighted by molar-refractivity contribution is 0.576. The highest BCUT2D eigenvalue weighted by Crippen LogP contribution is 2.23. The molecule has 2 aromatic rings. The van der Waals surface area contributed by atoms with E-state index in [0.29, 0.717) is 6.04 Å². The lowest BCUT2D eigenvalue weighted by Gasteiger charge is -2.12. The first-order chi connectivity index (χ1) is 7.66. The SMILES string of the molecule is Cc1[nH]ncc1C(C)NCc1ccc(Br)s1. The number of aromatic nitrogens is 2. The molecule has 0 bridgehead atoms. The zero-order valence-electron chi connectivity index (χ0n) is 9.25. The fourth-order valence-corrected chi connectivity index (χ4v) is 3.04. The van der Waals surface area contributed by atoms with Crippen LogP contribution in [0.2, 0.25) is 0 Å². The Labute approximate surface area is 107 Å². The van der Waals surface area contributed by atoms with Gasteiger partial charge in [0.2, 0.25) is 0 Å². The number of H-pyrrole nitrogens is 1. The van der Waals surface area contributed by atoms with Gasteiger partial charge in [-0.3, -0.25) is 5.10 Å². The minimum atomic E-state index is 0.319. The van der Waals surface area contributed by atoms with Gasteiger partial charge in [0.15, 0.2) is 0 Å². The minimum absolute atomic E-state index is 0.319. The molecule has 0 fully saturated rings. The van der Waals surface area contributed by atoms with Crippen molar-refractivity contribution in [3.8, 4) is 0 Å². The Kier molecular flexibility index (Phi) is 3.78. The number of aromatic amines is 1. The van der Waals surface area contributed by atoms with Gasteiger partial charge in [-0.05, 0) is 41.9 Å². The first-order valence-corrected chi connectivity index (χ1v) is 6.75. The van der Waals surface area contributed by atoms with E-state index in [1.807, 2.05) is 13.1 Å². The summed E-state index contributed by atoms with van der Waals surface area (Å²) >= 11 is 5.23. The fraction of sp³-hybridized carbons (Fsp3) is 0.364. The maximum atomic E-state index is 4.03. The summed E-state index contributed by atoms with van der Waals surface area (Å²) in [6.45, 7) is 5.09. The molecule has 0 radical (unpaired) electrons. The molecular weight excluding hydrogens is 286 g/mol. The Morgan fingerprint density at radius 2 is 2.38 bits per heavy atom. The van der Waals surface area contributed by atoms with Gasteiger partial charge in [0.1, 0.15) is 0 Å². The highest BCUT2D eigenvalue weighted by molar-refractivity contribution is 9.11. The van der Waals surface area contributed by atoms with E-state index in [9.17, 15) is 0 Å². The zero-order valence-corrected chi connectivity index (χ0v) is 11.7. The molecule has 0 amide bonds. The highest BCUT2D eigenvalue weighted by Gasteiger charge is 2.09. The number of hydrogen-bond acceptors (Lipinski definition) is 3. The smallest absolute Gasteiger partial charge is 0.0701 e. The Morgan fingerprint density at radius 1 is 1.56 bits per heavy atom. The normalized spacial score (nSPS) is 12.9. The van der Waals surface area contributed by atoms with Crippen molar-refractivity contribution >= 4 is 27.3 Å². The van der Waals surface area contributed by atoms with Crippen molar-refractivity contribution in [3.63, 3.8) is 0 Å². The van der Waals surface area contributed by atoms with Crippen LogP contribution < -0.4 is 5.32 Å². The summed E-state index contributed by atoms with van der Waals surface area (Å²) < 4.78 is 1.18. The third-order valence-electron chi connectivity index (χ3n) is 2.55. The van der Waals surface area contributed by atoms with Gasteiger partial charge in [0.05, 0.1) is 9.98 Å². The lowest BCUT2D eigenvalue weighted by Crippen LogP contribution is -2.17. The number of nitrogens with zero attached hydrogens (tertiary/aromatic N) is 1. The quantitative estimate of drug-likeness (QED) is 0.908. The van der Waals surface area contributed by atoms with Crippen LogP contribution in [0.5, 0.6) is 0 Å². The van der Waals surface area contributed by atoms with Crippen LogP contribution in [0.15, 0.2) is 22.1 Å². The van der Waals surface area contributed by atoms with Gasteiger partial charge in [0.25, 0.3) is 0 Å². The van der Waals surface area contributed by atoms with Crippen molar-refractivity contribution in [1.29, 1.82) is 0 Å². The molecule has 0 aliphatic carbocycles. The van der Waals surface area contributed by atoms with Crippen molar-refractivity contribution in [2.45, 2.75) is 26.4 Å². The first kappa shape index (κ1) is 11.8. The molecule has 0 saturated carbocycles. The average molecular weight is 300 g/mol. The number of thiophene rings is 1. The number of halogens is 1. The predicted molar refractivity (Wildman–Crippen MR) is 70.6 cm³/mol. The van der Waals surface area contributed by atoms with E-state index >= 15 is 0 Å². The Morgan fingerprint density at radius 3 is 2.94 bits per heavy atom. The molecule has 2 N–H and O–H groups in total. The van der Waals surface area contributed by atoms with Gasteiger partial charge in [-0.1, -0.05) is 0 Å². The van der Waals surface area contributed by atoms with E-state index in [0.717, 1.165) is 12.2 Å².